The van der Waals surface area contributed by atoms with Gasteiger partial charge in [-0.05, 0) is 77.6 Å². The van der Waals surface area contributed by atoms with Crippen molar-refractivity contribution in [1.29, 1.82) is 0 Å². The van der Waals surface area contributed by atoms with Crippen LogP contribution >= 0.6 is 11.8 Å². The van der Waals surface area contributed by atoms with Gasteiger partial charge in [0.2, 0.25) is 0 Å². The molecule has 1 atom stereocenters. The number of hydrogen-bond acceptors (Lipinski definition) is 3. The van der Waals surface area contributed by atoms with Gasteiger partial charge in [-0.3, -0.25) is 0 Å². The lowest BCUT2D eigenvalue weighted by Crippen LogP contribution is -2.34. The van der Waals surface area contributed by atoms with Crippen molar-refractivity contribution in [2.45, 2.75) is 70.9 Å². The standard InChI is InChI=1S/C16H34N2S/c1-15(2)18-12-8-9-16(10-13-18)17-11-6-4-5-7-14-19-3/h15-17H,4-14H2,1-3H3. The lowest BCUT2D eigenvalue weighted by molar-refractivity contribution is 0.229. The summed E-state index contributed by atoms with van der Waals surface area (Å²) < 4.78 is 0. The van der Waals surface area contributed by atoms with Crippen molar-refractivity contribution >= 4 is 11.8 Å². The van der Waals surface area contributed by atoms with Crippen LogP contribution in [0.25, 0.3) is 0 Å². The highest BCUT2D eigenvalue weighted by Gasteiger charge is 2.17. The fraction of sp³-hybridized carbons (Fsp3) is 1.00. The Morgan fingerprint density at radius 1 is 1.11 bits per heavy atom. The highest BCUT2D eigenvalue weighted by molar-refractivity contribution is 7.98. The minimum Gasteiger partial charge on any atom is -0.314 e. The molecule has 0 amide bonds. The molecule has 114 valence electrons. The molecule has 1 aliphatic heterocycles. The van der Waals surface area contributed by atoms with Crippen LogP contribution in [0.15, 0.2) is 0 Å². The smallest absolute Gasteiger partial charge is 0.00797 e. The Morgan fingerprint density at radius 3 is 2.63 bits per heavy atom. The first-order valence-corrected chi connectivity index (χ1v) is 9.59. The van der Waals surface area contributed by atoms with E-state index in [1.807, 2.05) is 11.8 Å². The third-order valence-electron chi connectivity index (χ3n) is 4.20. The molecule has 0 saturated carbocycles. The Balaban J connectivity index is 2.00. The van der Waals surface area contributed by atoms with E-state index in [0.717, 1.165) is 12.1 Å². The quantitative estimate of drug-likeness (QED) is 0.650. The van der Waals surface area contributed by atoms with Crippen molar-refractivity contribution in [3.8, 4) is 0 Å². The lowest BCUT2D eigenvalue weighted by atomic mass is 10.1. The van der Waals surface area contributed by atoms with Gasteiger partial charge >= 0.3 is 0 Å². The predicted molar refractivity (Wildman–Crippen MR) is 89.2 cm³/mol. The molecule has 3 heteroatoms. The molecule has 2 nitrogen and oxygen atoms in total. The Bertz CT molecular complexity index is 209. The SMILES string of the molecule is CSCCCCCCNC1CCCN(C(C)C)CC1. The van der Waals surface area contributed by atoms with E-state index in [-0.39, 0.29) is 0 Å². The van der Waals surface area contributed by atoms with Crippen molar-refractivity contribution < 1.29 is 0 Å². The summed E-state index contributed by atoms with van der Waals surface area (Å²) >= 11 is 1.97. The van der Waals surface area contributed by atoms with E-state index in [0.29, 0.717) is 0 Å². The molecule has 1 N–H and O–H groups in total. The molecule has 1 aliphatic rings. The van der Waals surface area contributed by atoms with Crippen molar-refractivity contribution in [2.75, 3.05) is 31.6 Å². The lowest BCUT2D eigenvalue weighted by Gasteiger charge is -2.24. The van der Waals surface area contributed by atoms with Gasteiger partial charge in [-0.2, -0.15) is 11.8 Å². The molecule has 0 spiro atoms. The third-order valence-corrected chi connectivity index (χ3v) is 4.90. The van der Waals surface area contributed by atoms with E-state index >= 15 is 0 Å². The topological polar surface area (TPSA) is 15.3 Å². The van der Waals surface area contributed by atoms with Crippen molar-refractivity contribution in [3.63, 3.8) is 0 Å². The molecule has 1 fully saturated rings. The largest absolute Gasteiger partial charge is 0.314 e. The van der Waals surface area contributed by atoms with Crippen LogP contribution in [-0.2, 0) is 0 Å². The fourth-order valence-electron chi connectivity index (χ4n) is 2.87. The first kappa shape index (κ1) is 17.3. The molecule has 1 rings (SSSR count). The molecule has 1 saturated heterocycles. The predicted octanol–water partition coefficient (Wildman–Crippen LogP) is 3.76. The summed E-state index contributed by atoms with van der Waals surface area (Å²) in [5.74, 6) is 1.33. The average Bonchev–Trinajstić information content (AvgIpc) is 2.63. The maximum Gasteiger partial charge on any atom is 0.00797 e. The number of unbranched alkanes of at least 4 members (excludes halogenated alkanes) is 3. The number of thioether (sulfide) groups is 1. The second-order valence-electron chi connectivity index (χ2n) is 6.12. The van der Waals surface area contributed by atoms with Crippen LogP contribution in [0.4, 0.5) is 0 Å². The zero-order valence-electron chi connectivity index (χ0n) is 13.3. The molecule has 0 bridgehead atoms. The number of nitrogens with zero attached hydrogens (tertiary/aromatic N) is 1. The van der Waals surface area contributed by atoms with Crippen LogP contribution < -0.4 is 5.32 Å². The summed E-state index contributed by atoms with van der Waals surface area (Å²) in [6.07, 6.45) is 11.8. The zero-order valence-corrected chi connectivity index (χ0v) is 14.1. The summed E-state index contributed by atoms with van der Waals surface area (Å²) in [5, 5.41) is 3.78. The molecular weight excluding hydrogens is 252 g/mol. The van der Waals surface area contributed by atoms with E-state index in [9.17, 15) is 0 Å². The van der Waals surface area contributed by atoms with E-state index < -0.39 is 0 Å². The van der Waals surface area contributed by atoms with Gasteiger partial charge in [-0.25, -0.2) is 0 Å². The molecular formula is C16H34N2S. The van der Waals surface area contributed by atoms with E-state index in [4.69, 9.17) is 0 Å². The van der Waals surface area contributed by atoms with Gasteiger partial charge in [0.05, 0.1) is 0 Å². The third kappa shape index (κ3) is 8.21. The van der Waals surface area contributed by atoms with E-state index in [2.05, 4.69) is 30.3 Å². The van der Waals surface area contributed by atoms with Crippen molar-refractivity contribution in [2.24, 2.45) is 0 Å². The maximum absolute atomic E-state index is 3.78. The first-order valence-electron chi connectivity index (χ1n) is 8.20. The van der Waals surface area contributed by atoms with Crippen LogP contribution in [-0.4, -0.2) is 48.6 Å². The Hall–Kier alpha value is 0.270. The summed E-state index contributed by atoms with van der Waals surface area (Å²) in [7, 11) is 0. The van der Waals surface area contributed by atoms with Crippen molar-refractivity contribution in [1.82, 2.24) is 10.2 Å². The van der Waals surface area contributed by atoms with Crippen molar-refractivity contribution in [3.05, 3.63) is 0 Å². The van der Waals surface area contributed by atoms with Crippen LogP contribution in [0.2, 0.25) is 0 Å². The summed E-state index contributed by atoms with van der Waals surface area (Å²) in [6.45, 7) is 8.45. The highest BCUT2D eigenvalue weighted by atomic mass is 32.2. The molecule has 0 aromatic rings. The normalized spacial score (nSPS) is 21.8. The van der Waals surface area contributed by atoms with E-state index in [1.165, 1.54) is 70.3 Å². The average molecular weight is 287 g/mol. The molecule has 1 heterocycles. The van der Waals surface area contributed by atoms with E-state index in [1.54, 1.807) is 0 Å². The summed E-state index contributed by atoms with van der Waals surface area (Å²) in [5.41, 5.74) is 0. The molecule has 0 aliphatic carbocycles. The van der Waals surface area contributed by atoms with Gasteiger partial charge in [0, 0.05) is 12.1 Å². The number of hydrogen-bond donors (Lipinski definition) is 1. The van der Waals surface area contributed by atoms with Crippen LogP contribution in [0, 0.1) is 0 Å². The maximum atomic E-state index is 3.78. The molecule has 0 aromatic heterocycles. The number of likely N-dealkylation sites (tertiary alicyclic amines) is 1. The first-order chi connectivity index (χ1) is 9.24. The molecule has 19 heavy (non-hydrogen) atoms. The number of rotatable bonds is 9. The monoisotopic (exact) mass is 286 g/mol. The van der Waals surface area contributed by atoms with Crippen LogP contribution in [0.5, 0.6) is 0 Å². The molecule has 1 unspecified atom stereocenters. The van der Waals surface area contributed by atoms with Gasteiger partial charge < -0.3 is 10.2 Å². The second-order valence-corrected chi connectivity index (χ2v) is 7.10. The zero-order chi connectivity index (χ0) is 13.9. The van der Waals surface area contributed by atoms with Gasteiger partial charge in [-0.1, -0.05) is 12.8 Å². The Morgan fingerprint density at radius 2 is 1.89 bits per heavy atom. The Labute approximate surface area is 125 Å². The van der Waals surface area contributed by atoms with Gasteiger partial charge in [0.15, 0.2) is 0 Å². The van der Waals surface area contributed by atoms with Gasteiger partial charge in [-0.15, -0.1) is 0 Å². The fourth-order valence-corrected chi connectivity index (χ4v) is 3.36. The van der Waals surface area contributed by atoms with Gasteiger partial charge in [0.1, 0.15) is 0 Å². The summed E-state index contributed by atoms with van der Waals surface area (Å²) in [6, 6.07) is 1.49. The molecule has 0 aromatic carbocycles. The van der Waals surface area contributed by atoms with Crippen LogP contribution in [0.1, 0.15) is 58.8 Å². The molecule has 0 radical (unpaired) electrons. The number of nitrogens with one attached hydrogen (secondary N) is 1. The minimum atomic E-state index is 0.718. The summed E-state index contributed by atoms with van der Waals surface area (Å²) in [4.78, 5) is 2.63. The van der Waals surface area contributed by atoms with Crippen LogP contribution in [0.3, 0.4) is 0 Å². The highest BCUT2D eigenvalue weighted by Crippen LogP contribution is 2.13. The second kappa shape index (κ2) is 11.0. The Kier molecular flexibility index (Phi) is 10.0. The van der Waals surface area contributed by atoms with Gasteiger partial charge in [0.25, 0.3) is 0 Å². The minimum absolute atomic E-state index is 0.718.